The second-order valence-corrected chi connectivity index (χ2v) is 5.16. The third-order valence-electron chi connectivity index (χ3n) is 3.78. The van der Waals surface area contributed by atoms with Crippen LogP contribution in [0, 0.1) is 10.1 Å². The fraction of sp³-hybridized carbons (Fsp3) is 0.500. The van der Waals surface area contributed by atoms with Crippen LogP contribution in [0.1, 0.15) is 29.6 Å². The smallest absolute Gasteiger partial charge is 0.335 e. The van der Waals surface area contributed by atoms with Crippen LogP contribution >= 0.6 is 0 Å². The van der Waals surface area contributed by atoms with Crippen LogP contribution in [0.3, 0.4) is 0 Å². The first-order chi connectivity index (χ1) is 9.99. The monoisotopic (exact) mass is 294 g/mol. The quantitative estimate of drug-likeness (QED) is 0.638. The van der Waals surface area contributed by atoms with Gasteiger partial charge in [-0.05, 0) is 38.9 Å². The Morgan fingerprint density at radius 3 is 2.90 bits per heavy atom. The van der Waals surface area contributed by atoms with Gasteiger partial charge in [0.2, 0.25) is 0 Å². The van der Waals surface area contributed by atoms with Gasteiger partial charge in [-0.2, -0.15) is 0 Å². The standard InChI is InChI=1S/C14H18N2O5/c1-15-7-2-3-11(15)6-8-21-13-9-10(14(17)18)4-5-12(13)16(19)20/h4-5,9,11H,2-3,6-8H2,1H3,(H,17,18). The summed E-state index contributed by atoms with van der Waals surface area (Å²) in [6, 6.07) is 4.00. The van der Waals surface area contributed by atoms with Crippen LogP contribution in [0.4, 0.5) is 5.69 Å². The summed E-state index contributed by atoms with van der Waals surface area (Å²) >= 11 is 0. The first kappa shape index (κ1) is 15.2. The molecule has 7 nitrogen and oxygen atoms in total. The van der Waals surface area contributed by atoms with E-state index in [1.54, 1.807) is 0 Å². The average Bonchev–Trinajstić information content (AvgIpc) is 2.84. The zero-order valence-electron chi connectivity index (χ0n) is 11.8. The number of carbonyl (C=O) groups is 1. The zero-order chi connectivity index (χ0) is 15.4. The lowest BCUT2D eigenvalue weighted by atomic mass is 10.1. The van der Waals surface area contributed by atoms with E-state index in [1.165, 1.54) is 18.2 Å². The summed E-state index contributed by atoms with van der Waals surface area (Å²) in [5.74, 6) is -1.12. The number of rotatable bonds is 6. The number of benzene rings is 1. The van der Waals surface area contributed by atoms with E-state index in [0.717, 1.165) is 25.8 Å². The van der Waals surface area contributed by atoms with Gasteiger partial charge in [0, 0.05) is 18.2 Å². The summed E-state index contributed by atoms with van der Waals surface area (Å²) in [6.07, 6.45) is 3.01. The van der Waals surface area contributed by atoms with E-state index in [4.69, 9.17) is 9.84 Å². The number of hydrogen-bond acceptors (Lipinski definition) is 5. The molecule has 1 aliphatic heterocycles. The second kappa shape index (κ2) is 6.53. The largest absolute Gasteiger partial charge is 0.487 e. The first-order valence-electron chi connectivity index (χ1n) is 6.84. The molecule has 1 aromatic carbocycles. The predicted octanol–water partition coefficient (Wildman–Crippen LogP) is 2.16. The van der Waals surface area contributed by atoms with Gasteiger partial charge in [0.25, 0.3) is 0 Å². The Bertz CT molecular complexity index is 546. The lowest BCUT2D eigenvalue weighted by Crippen LogP contribution is -2.26. The summed E-state index contributed by atoms with van der Waals surface area (Å²) in [5.41, 5.74) is -0.228. The van der Waals surface area contributed by atoms with Crippen molar-refractivity contribution in [1.82, 2.24) is 4.90 Å². The summed E-state index contributed by atoms with van der Waals surface area (Å²) in [5, 5.41) is 19.9. The zero-order valence-corrected chi connectivity index (χ0v) is 11.8. The molecule has 114 valence electrons. The molecule has 0 amide bonds. The topological polar surface area (TPSA) is 92.9 Å². The Kier molecular flexibility index (Phi) is 4.74. The summed E-state index contributed by atoms with van der Waals surface area (Å²) in [7, 11) is 2.05. The molecule has 0 bridgehead atoms. The van der Waals surface area contributed by atoms with Crippen molar-refractivity contribution in [2.75, 3.05) is 20.2 Å². The van der Waals surface area contributed by atoms with Gasteiger partial charge in [0.05, 0.1) is 17.1 Å². The van der Waals surface area contributed by atoms with Crippen LogP contribution in [0.15, 0.2) is 18.2 Å². The summed E-state index contributed by atoms with van der Waals surface area (Å²) < 4.78 is 5.47. The lowest BCUT2D eigenvalue weighted by molar-refractivity contribution is -0.385. The maximum absolute atomic E-state index is 10.9. The molecule has 0 radical (unpaired) electrons. The molecule has 1 unspecified atom stereocenters. The van der Waals surface area contributed by atoms with Gasteiger partial charge < -0.3 is 14.7 Å². The Hall–Kier alpha value is -2.15. The molecule has 2 rings (SSSR count). The molecular weight excluding hydrogens is 276 g/mol. The first-order valence-corrected chi connectivity index (χ1v) is 6.84. The maximum Gasteiger partial charge on any atom is 0.335 e. The Balaban J connectivity index is 2.04. The fourth-order valence-corrected chi connectivity index (χ4v) is 2.56. The van der Waals surface area contributed by atoms with Crippen molar-refractivity contribution in [2.45, 2.75) is 25.3 Å². The molecule has 1 aromatic rings. The number of nitro groups is 1. The van der Waals surface area contributed by atoms with Gasteiger partial charge in [-0.1, -0.05) is 0 Å². The molecule has 0 aromatic heterocycles. The van der Waals surface area contributed by atoms with Gasteiger partial charge in [0.1, 0.15) is 0 Å². The van der Waals surface area contributed by atoms with Crippen molar-refractivity contribution >= 4 is 11.7 Å². The van der Waals surface area contributed by atoms with Crippen molar-refractivity contribution in [2.24, 2.45) is 0 Å². The normalized spacial score (nSPS) is 18.6. The molecule has 21 heavy (non-hydrogen) atoms. The number of carboxylic acids is 1. The van der Waals surface area contributed by atoms with Gasteiger partial charge in [0.15, 0.2) is 5.75 Å². The molecular formula is C14H18N2O5. The number of likely N-dealkylation sites (tertiary alicyclic amines) is 1. The number of ether oxygens (including phenoxy) is 1. The molecule has 1 aliphatic rings. The molecule has 1 atom stereocenters. The molecule has 0 saturated carbocycles. The van der Waals surface area contributed by atoms with E-state index in [9.17, 15) is 14.9 Å². The maximum atomic E-state index is 10.9. The Morgan fingerprint density at radius 1 is 1.57 bits per heavy atom. The Morgan fingerprint density at radius 2 is 2.33 bits per heavy atom. The van der Waals surface area contributed by atoms with Crippen molar-refractivity contribution in [1.29, 1.82) is 0 Å². The van der Waals surface area contributed by atoms with Crippen LogP contribution in [0.5, 0.6) is 5.75 Å². The summed E-state index contributed by atoms with van der Waals surface area (Å²) in [4.78, 5) is 23.5. The highest BCUT2D eigenvalue weighted by molar-refractivity contribution is 5.88. The number of nitro benzene ring substituents is 1. The second-order valence-electron chi connectivity index (χ2n) is 5.16. The van der Waals surface area contributed by atoms with E-state index >= 15 is 0 Å². The van der Waals surface area contributed by atoms with Crippen molar-refractivity contribution in [3.05, 3.63) is 33.9 Å². The van der Waals surface area contributed by atoms with Crippen LogP contribution in [0.2, 0.25) is 0 Å². The van der Waals surface area contributed by atoms with Crippen LogP contribution in [-0.2, 0) is 0 Å². The van der Waals surface area contributed by atoms with Crippen LogP contribution in [-0.4, -0.2) is 47.1 Å². The molecule has 1 heterocycles. The van der Waals surface area contributed by atoms with Gasteiger partial charge >= 0.3 is 11.7 Å². The Labute approximate surface area is 122 Å². The highest BCUT2D eigenvalue weighted by Gasteiger charge is 2.22. The van der Waals surface area contributed by atoms with E-state index in [2.05, 4.69) is 4.90 Å². The fourth-order valence-electron chi connectivity index (χ4n) is 2.56. The molecule has 1 saturated heterocycles. The summed E-state index contributed by atoms with van der Waals surface area (Å²) in [6.45, 7) is 1.39. The van der Waals surface area contributed by atoms with Crippen LogP contribution < -0.4 is 4.74 Å². The molecule has 0 spiro atoms. The van der Waals surface area contributed by atoms with E-state index in [-0.39, 0.29) is 17.0 Å². The lowest BCUT2D eigenvalue weighted by Gasteiger charge is -2.19. The molecule has 1 fully saturated rings. The minimum absolute atomic E-state index is 0.0144. The van der Waals surface area contributed by atoms with Gasteiger partial charge in [-0.3, -0.25) is 10.1 Å². The molecule has 0 aliphatic carbocycles. The van der Waals surface area contributed by atoms with Crippen molar-refractivity contribution < 1.29 is 19.6 Å². The van der Waals surface area contributed by atoms with Gasteiger partial charge in [-0.15, -0.1) is 0 Å². The third-order valence-corrected chi connectivity index (χ3v) is 3.78. The third kappa shape index (κ3) is 3.69. The van der Waals surface area contributed by atoms with E-state index < -0.39 is 10.9 Å². The molecule has 1 N–H and O–H groups in total. The molecule has 7 heteroatoms. The van der Waals surface area contributed by atoms with E-state index in [0.29, 0.717) is 12.6 Å². The van der Waals surface area contributed by atoms with Crippen molar-refractivity contribution in [3.8, 4) is 5.75 Å². The van der Waals surface area contributed by atoms with Gasteiger partial charge in [-0.25, -0.2) is 4.79 Å². The average molecular weight is 294 g/mol. The highest BCUT2D eigenvalue weighted by atomic mass is 16.6. The minimum atomic E-state index is -1.13. The number of hydrogen-bond donors (Lipinski definition) is 1. The number of carboxylic acid groups (broad SMARTS) is 1. The van der Waals surface area contributed by atoms with Crippen molar-refractivity contribution in [3.63, 3.8) is 0 Å². The number of aromatic carboxylic acids is 1. The highest BCUT2D eigenvalue weighted by Crippen LogP contribution is 2.28. The minimum Gasteiger partial charge on any atom is -0.487 e. The van der Waals surface area contributed by atoms with E-state index in [1.807, 2.05) is 7.05 Å². The SMILES string of the molecule is CN1CCCC1CCOc1cc(C(=O)O)ccc1[N+](=O)[O-]. The van der Waals surface area contributed by atoms with Crippen LogP contribution in [0.25, 0.3) is 0 Å². The predicted molar refractivity (Wildman–Crippen MR) is 75.8 cm³/mol. The number of nitrogens with zero attached hydrogens (tertiary/aromatic N) is 2.